The summed E-state index contributed by atoms with van der Waals surface area (Å²) in [5.41, 5.74) is 8.32. The number of esters is 1. The van der Waals surface area contributed by atoms with Crippen molar-refractivity contribution >= 4 is 22.6 Å². The maximum Gasteiger partial charge on any atom is 0.343 e. The van der Waals surface area contributed by atoms with Crippen LogP contribution in [0, 0.1) is 0 Å². The molecule has 0 aliphatic carbocycles. The molecule has 0 amide bonds. The molecule has 3 aliphatic heterocycles. The minimum absolute atomic E-state index is 0.114. The van der Waals surface area contributed by atoms with Crippen LogP contribution in [0.1, 0.15) is 30.0 Å². The second-order valence-electron chi connectivity index (χ2n) is 8.70. The predicted octanol–water partition coefficient (Wildman–Crippen LogP) is 1.24. The number of fused-ring (bicyclic) bond motifs is 7. The number of cyclic esters (lactones) is 1. The van der Waals surface area contributed by atoms with E-state index in [2.05, 4.69) is 11.0 Å². The van der Waals surface area contributed by atoms with Gasteiger partial charge in [-0.05, 0) is 30.7 Å². The van der Waals surface area contributed by atoms with Gasteiger partial charge in [-0.2, -0.15) is 0 Å². The zero-order valence-electron chi connectivity index (χ0n) is 18.3. The van der Waals surface area contributed by atoms with E-state index in [0.29, 0.717) is 48.8 Å². The largest absolute Gasteiger partial charge is 0.490 e. The first-order chi connectivity index (χ1) is 16.0. The maximum absolute atomic E-state index is 13.3. The highest BCUT2D eigenvalue weighted by molar-refractivity contribution is 5.98. The predicted molar refractivity (Wildman–Crippen MR) is 121 cm³/mol. The Hall–Kier alpha value is -3.43. The van der Waals surface area contributed by atoms with E-state index in [-0.39, 0.29) is 18.6 Å². The SMILES string of the molecule is CC[C@@]1(O)C(=O)OCc2c1cc1n(c2=O)Cc2cc3c4c(ccc3nc2-1)OCCN4CCN. The van der Waals surface area contributed by atoms with Crippen LogP contribution in [0.25, 0.3) is 22.3 Å². The van der Waals surface area contributed by atoms with Crippen molar-refractivity contribution in [3.63, 3.8) is 0 Å². The van der Waals surface area contributed by atoms with Crippen molar-refractivity contribution in [1.82, 2.24) is 9.55 Å². The van der Waals surface area contributed by atoms with Crippen molar-refractivity contribution in [1.29, 1.82) is 0 Å². The smallest absolute Gasteiger partial charge is 0.343 e. The Morgan fingerprint density at radius 1 is 1.24 bits per heavy atom. The van der Waals surface area contributed by atoms with Gasteiger partial charge >= 0.3 is 5.97 Å². The summed E-state index contributed by atoms with van der Waals surface area (Å²) in [5, 5.41) is 12.0. The number of hydrogen-bond donors (Lipinski definition) is 2. The van der Waals surface area contributed by atoms with E-state index in [0.717, 1.165) is 34.4 Å². The standard InChI is InChI=1S/C24H24N4O5/c1-2-24(31)16-10-18-20-13(11-28(18)22(29)15(16)12-33-23(24)30)9-14-17(26-20)3-4-19-21(14)27(6-5-25)7-8-32-19/h3-4,9-10,31H,2,5-8,11-12,25H2,1H3/t24-/m0/s1. The van der Waals surface area contributed by atoms with Gasteiger partial charge in [0.2, 0.25) is 0 Å². The second-order valence-corrected chi connectivity index (χ2v) is 8.70. The summed E-state index contributed by atoms with van der Waals surface area (Å²) in [5.74, 6) is 0.0777. The highest BCUT2D eigenvalue weighted by atomic mass is 16.6. The molecule has 9 nitrogen and oxygen atoms in total. The third-order valence-corrected chi connectivity index (χ3v) is 6.96. The Kier molecular flexibility index (Phi) is 4.30. The average molecular weight is 448 g/mol. The number of anilines is 1. The van der Waals surface area contributed by atoms with E-state index in [9.17, 15) is 14.7 Å². The molecule has 0 saturated carbocycles. The molecule has 1 atom stereocenters. The summed E-state index contributed by atoms with van der Waals surface area (Å²) in [6, 6.07) is 7.63. The van der Waals surface area contributed by atoms with Crippen LogP contribution in [-0.4, -0.2) is 46.9 Å². The zero-order chi connectivity index (χ0) is 22.9. The fourth-order valence-corrected chi connectivity index (χ4v) is 5.22. The Bertz CT molecular complexity index is 1400. The first-order valence-electron chi connectivity index (χ1n) is 11.2. The number of pyridine rings is 2. The van der Waals surface area contributed by atoms with Crippen LogP contribution >= 0.6 is 0 Å². The molecule has 0 unspecified atom stereocenters. The van der Waals surface area contributed by atoms with E-state index >= 15 is 0 Å². The van der Waals surface area contributed by atoms with Crippen LogP contribution in [-0.2, 0) is 28.3 Å². The lowest BCUT2D eigenvalue weighted by atomic mass is 9.86. The first kappa shape index (κ1) is 20.2. The van der Waals surface area contributed by atoms with Crippen molar-refractivity contribution in [2.75, 3.05) is 31.1 Å². The molecule has 33 heavy (non-hydrogen) atoms. The number of rotatable bonds is 3. The number of benzene rings is 1. The zero-order valence-corrected chi connectivity index (χ0v) is 18.3. The third kappa shape index (κ3) is 2.69. The number of ether oxygens (including phenoxy) is 2. The molecule has 9 heteroatoms. The Morgan fingerprint density at radius 3 is 2.88 bits per heavy atom. The topological polar surface area (TPSA) is 120 Å². The minimum Gasteiger partial charge on any atom is -0.490 e. The van der Waals surface area contributed by atoms with Crippen LogP contribution < -0.4 is 20.9 Å². The van der Waals surface area contributed by atoms with Gasteiger partial charge in [0, 0.05) is 29.6 Å². The fraction of sp³-hybridized carbons (Fsp3) is 0.375. The minimum atomic E-state index is -1.83. The monoisotopic (exact) mass is 448 g/mol. The van der Waals surface area contributed by atoms with E-state index in [1.54, 1.807) is 17.6 Å². The lowest BCUT2D eigenvalue weighted by Gasteiger charge is -2.32. The molecule has 5 heterocycles. The molecular formula is C24H24N4O5. The molecule has 170 valence electrons. The van der Waals surface area contributed by atoms with Crippen LogP contribution in [0.2, 0.25) is 0 Å². The van der Waals surface area contributed by atoms with Gasteiger partial charge in [0.05, 0.1) is 41.2 Å². The van der Waals surface area contributed by atoms with Gasteiger partial charge in [0.1, 0.15) is 19.0 Å². The molecule has 0 spiro atoms. The van der Waals surface area contributed by atoms with Crippen molar-refractivity contribution in [3.05, 3.63) is 51.3 Å². The number of aromatic nitrogens is 2. The molecule has 1 aromatic carbocycles. The van der Waals surface area contributed by atoms with Gasteiger partial charge in [-0.25, -0.2) is 9.78 Å². The summed E-state index contributed by atoms with van der Waals surface area (Å²) >= 11 is 0. The molecule has 0 saturated heterocycles. The van der Waals surface area contributed by atoms with Gasteiger partial charge in [-0.3, -0.25) is 4.79 Å². The second kappa shape index (κ2) is 7.03. The van der Waals surface area contributed by atoms with Gasteiger partial charge in [-0.15, -0.1) is 0 Å². The number of nitrogens with zero attached hydrogens (tertiary/aromatic N) is 3. The van der Waals surface area contributed by atoms with E-state index < -0.39 is 11.6 Å². The van der Waals surface area contributed by atoms with Crippen LogP contribution in [0.4, 0.5) is 5.69 Å². The van der Waals surface area contributed by atoms with E-state index in [1.165, 1.54) is 0 Å². The molecule has 3 aliphatic rings. The first-order valence-corrected chi connectivity index (χ1v) is 11.2. The van der Waals surface area contributed by atoms with Crippen LogP contribution in [0.5, 0.6) is 5.75 Å². The lowest BCUT2D eigenvalue weighted by molar-refractivity contribution is -0.172. The average Bonchev–Trinajstić information content (AvgIpc) is 3.18. The molecule has 0 radical (unpaired) electrons. The van der Waals surface area contributed by atoms with Crippen molar-refractivity contribution in [2.45, 2.75) is 32.1 Å². The quantitative estimate of drug-likeness (QED) is 0.449. The number of carbonyl (C=O) groups is 1. The highest BCUT2D eigenvalue weighted by Crippen LogP contribution is 2.42. The molecule has 0 bridgehead atoms. The van der Waals surface area contributed by atoms with Gasteiger partial charge in [0.15, 0.2) is 5.60 Å². The Morgan fingerprint density at radius 2 is 2.09 bits per heavy atom. The molecule has 6 rings (SSSR count). The van der Waals surface area contributed by atoms with Gasteiger partial charge < -0.3 is 29.8 Å². The normalized spacial score (nSPS) is 20.6. The maximum atomic E-state index is 13.3. The van der Waals surface area contributed by atoms with Crippen molar-refractivity contribution < 1.29 is 19.4 Å². The van der Waals surface area contributed by atoms with Crippen LogP contribution in [0.3, 0.4) is 0 Å². The van der Waals surface area contributed by atoms with Gasteiger partial charge in [0.25, 0.3) is 5.56 Å². The Labute approximate surface area is 189 Å². The lowest BCUT2D eigenvalue weighted by Crippen LogP contribution is -2.44. The number of aliphatic hydroxyl groups is 1. The Balaban J connectivity index is 1.57. The number of nitrogens with two attached hydrogens (primary N) is 1. The van der Waals surface area contributed by atoms with Crippen molar-refractivity contribution in [3.8, 4) is 17.1 Å². The molecular weight excluding hydrogens is 424 g/mol. The van der Waals surface area contributed by atoms with Crippen molar-refractivity contribution in [2.24, 2.45) is 5.73 Å². The summed E-state index contributed by atoms with van der Waals surface area (Å²) in [4.78, 5) is 32.8. The van der Waals surface area contributed by atoms with E-state index in [1.807, 2.05) is 12.1 Å². The molecule has 2 aromatic heterocycles. The third-order valence-electron chi connectivity index (χ3n) is 6.96. The van der Waals surface area contributed by atoms with Gasteiger partial charge in [-0.1, -0.05) is 6.92 Å². The molecule has 3 N–H and O–H groups in total. The molecule has 0 fully saturated rings. The summed E-state index contributed by atoms with van der Waals surface area (Å²) < 4.78 is 12.7. The van der Waals surface area contributed by atoms with Crippen LogP contribution in [0.15, 0.2) is 29.1 Å². The summed E-state index contributed by atoms with van der Waals surface area (Å²) in [7, 11) is 0. The molecule has 3 aromatic rings. The fourth-order valence-electron chi connectivity index (χ4n) is 5.22. The summed E-state index contributed by atoms with van der Waals surface area (Å²) in [6.07, 6.45) is 0.114. The summed E-state index contributed by atoms with van der Waals surface area (Å²) in [6.45, 7) is 4.50. The van der Waals surface area contributed by atoms with E-state index in [4.69, 9.17) is 20.2 Å². The highest BCUT2D eigenvalue weighted by Gasteiger charge is 2.45. The number of carbonyl (C=O) groups excluding carboxylic acids is 1. The number of hydrogen-bond acceptors (Lipinski definition) is 8.